The highest BCUT2D eigenvalue weighted by Crippen LogP contribution is 2.36. The van der Waals surface area contributed by atoms with Crippen molar-refractivity contribution < 1.29 is 17.9 Å². The van der Waals surface area contributed by atoms with Crippen LogP contribution >= 0.6 is 0 Å². The summed E-state index contributed by atoms with van der Waals surface area (Å²) in [6.45, 7) is 0. The molecule has 3 rings (SSSR count). The van der Waals surface area contributed by atoms with Crippen LogP contribution in [0, 0.1) is 0 Å². The van der Waals surface area contributed by atoms with Crippen molar-refractivity contribution >= 4 is 15.7 Å². The van der Waals surface area contributed by atoms with Crippen LogP contribution < -0.4 is 14.2 Å². The van der Waals surface area contributed by atoms with Crippen LogP contribution in [0.3, 0.4) is 0 Å². The Morgan fingerprint density at radius 1 is 0.731 bits per heavy atom. The van der Waals surface area contributed by atoms with Crippen molar-refractivity contribution in [3.63, 3.8) is 0 Å². The van der Waals surface area contributed by atoms with Crippen LogP contribution in [0.25, 0.3) is 11.1 Å². The van der Waals surface area contributed by atoms with E-state index in [-0.39, 0.29) is 4.90 Å². The normalized spacial score (nSPS) is 11.0. The van der Waals surface area contributed by atoms with Crippen LogP contribution in [0.4, 0.5) is 5.69 Å². The molecule has 0 bridgehead atoms. The number of methoxy groups -OCH3 is 2. The van der Waals surface area contributed by atoms with E-state index < -0.39 is 10.0 Å². The fourth-order valence-corrected chi connectivity index (χ4v) is 3.69. The summed E-state index contributed by atoms with van der Waals surface area (Å²) < 4.78 is 38.5. The molecule has 0 heterocycles. The fraction of sp³-hybridized carbons (Fsp3) is 0.100. The SMILES string of the molecule is COc1cccc(NS(=O)(=O)c2ccc(-c3ccccc3)cc2)c1OC. The summed E-state index contributed by atoms with van der Waals surface area (Å²) in [6, 6.07) is 21.5. The van der Waals surface area contributed by atoms with Gasteiger partial charge in [-0.3, -0.25) is 4.72 Å². The summed E-state index contributed by atoms with van der Waals surface area (Å²) in [5.41, 5.74) is 2.29. The molecule has 3 aromatic rings. The van der Waals surface area contributed by atoms with E-state index in [1.807, 2.05) is 30.3 Å². The molecule has 0 amide bonds. The molecule has 6 heteroatoms. The van der Waals surface area contributed by atoms with Gasteiger partial charge in [0, 0.05) is 0 Å². The van der Waals surface area contributed by atoms with Crippen LogP contribution in [0.1, 0.15) is 0 Å². The zero-order valence-corrected chi connectivity index (χ0v) is 15.3. The van der Waals surface area contributed by atoms with E-state index in [4.69, 9.17) is 9.47 Å². The lowest BCUT2D eigenvalue weighted by molar-refractivity contribution is 0.356. The number of hydrogen-bond donors (Lipinski definition) is 1. The highest BCUT2D eigenvalue weighted by molar-refractivity contribution is 7.92. The van der Waals surface area contributed by atoms with Crippen molar-refractivity contribution in [2.45, 2.75) is 4.90 Å². The van der Waals surface area contributed by atoms with Gasteiger partial charge in [0.15, 0.2) is 11.5 Å². The molecule has 1 N–H and O–H groups in total. The van der Waals surface area contributed by atoms with Gasteiger partial charge in [-0.25, -0.2) is 8.42 Å². The predicted molar refractivity (Wildman–Crippen MR) is 102 cm³/mol. The highest BCUT2D eigenvalue weighted by Gasteiger charge is 2.18. The van der Waals surface area contributed by atoms with Gasteiger partial charge >= 0.3 is 0 Å². The van der Waals surface area contributed by atoms with Gasteiger partial charge in [-0.1, -0.05) is 48.5 Å². The van der Waals surface area contributed by atoms with Gasteiger partial charge < -0.3 is 9.47 Å². The average Bonchev–Trinajstić information content (AvgIpc) is 2.68. The molecule has 0 fully saturated rings. The van der Waals surface area contributed by atoms with Crippen molar-refractivity contribution in [3.8, 4) is 22.6 Å². The summed E-state index contributed by atoms with van der Waals surface area (Å²) >= 11 is 0. The lowest BCUT2D eigenvalue weighted by atomic mass is 10.1. The number of ether oxygens (including phenoxy) is 2. The number of nitrogens with one attached hydrogen (secondary N) is 1. The molecule has 134 valence electrons. The van der Waals surface area contributed by atoms with Gasteiger partial charge in [-0.05, 0) is 35.4 Å². The third-order valence-corrected chi connectivity index (χ3v) is 5.30. The van der Waals surface area contributed by atoms with Crippen LogP contribution in [-0.2, 0) is 10.0 Å². The van der Waals surface area contributed by atoms with Gasteiger partial charge in [0.1, 0.15) is 0 Å². The van der Waals surface area contributed by atoms with Crippen LogP contribution in [-0.4, -0.2) is 22.6 Å². The standard InChI is InChI=1S/C20H19NO4S/c1-24-19-10-6-9-18(20(19)25-2)21-26(22,23)17-13-11-16(12-14-17)15-7-4-3-5-8-15/h3-14,21H,1-2H3. The molecule has 0 aliphatic rings. The summed E-state index contributed by atoms with van der Waals surface area (Å²) in [5.74, 6) is 0.784. The zero-order valence-electron chi connectivity index (χ0n) is 14.5. The largest absolute Gasteiger partial charge is 0.493 e. The second-order valence-corrected chi connectivity index (χ2v) is 7.22. The second-order valence-electron chi connectivity index (χ2n) is 5.54. The smallest absolute Gasteiger partial charge is 0.262 e. The molecular formula is C20H19NO4S. The van der Waals surface area contributed by atoms with E-state index in [1.54, 1.807) is 42.5 Å². The monoisotopic (exact) mass is 369 g/mol. The summed E-state index contributed by atoms with van der Waals surface area (Å²) in [6.07, 6.45) is 0. The molecule has 0 saturated heterocycles. The first-order chi connectivity index (χ1) is 12.5. The highest BCUT2D eigenvalue weighted by atomic mass is 32.2. The van der Waals surface area contributed by atoms with E-state index in [0.29, 0.717) is 17.2 Å². The molecule has 0 unspecified atom stereocenters. The summed E-state index contributed by atoms with van der Waals surface area (Å²) in [4.78, 5) is 0.169. The predicted octanol–water partition coefficient (Wildman–Crippen LogP) is 4.17. The number of para-hydroxylation sites is 1. The lowest BCUT2D eigenvalue weighted by Gasteiger charge is -2.14. The van der Waals surface area contributed by atoms with Gasteiger partial charge in [0.25, 0.3) is 10.0 Å². The van der Waals surface area contributed by atoms with Gasteiger partial charge in [0.05, 0.1) is 24.8 Å². The number of benzene rings is 3. The maximum atomic E-state index is 12.7. The Balaban J connectivity index is 1.90. The first kappa shape index (κ1) is 17.8. The molecule has 3 aromatic carbocycles. The van der Waals surface area contributed by atoms with Gasteiger partial charge in [0.2, 0.25) is 0 Å². The van der Waals surface area contributed by atoms with E-state index in [9.17, 15) is 8.42 Å². The lowest BCUT2D eigenvalue weighted by Crippen LogP contribution is -2.13. The molecule has 0 aliphatic carbocycles. The second kappa shape index (κ2) is 7.49. The Kier molecular flexibility index (Phi) is 5.14. The molecule has 0 aromatic heterocycles. The molecule has 0 atom stereocenters. The van der Waals surface area contributed by atoms with E-state index >= 15 is 0 Å². The van der Waals surface area contributed by atoms with Crippen molar-refractivity contribution in [3.05, 3.63) is 72.8 Å². The Bertz CT molecular complexity index is 984. The summed E-state index contributed by atoms with van der Waals surface area (Å²) in [7, 11) is -0.794. The van der Waals surface area contributed by atoms with Gasteiger partial charge in [-0.15, -0.1) is 0 Å². The molecule has 0 radical (unpaired) electrons. The Morgan fingerprint density at radius 2 is 1.38 bits per heavy atom. The third-order valence-electron chi connectivity index (χ3n) is 3.92. The first-order valence-corrected chi connectivity index (χ1v) is 9.43. The molecule has 0 aliphatic heterocycles. The first-order valence-electron chi connectivity index (χ1n) is 7.94. The van der Waals surface area contributed by atoms with E-state index in [2.05, 4.69) is 4.72 Å². The fourth-order valence-electron chi connectivity index (χ4n) is 2.63. The van der Waals surface area contributed by atoms with E-state index in [1.165, 1.54) is 14.2 Å². The molecular weight excluding hydrogens is 350 g/mol. The minimum atomic E-state index is -3.76. The maximum Gasteiger partial charge on any atom is 0.262 e. The van der Waals surface area contributed by atoms with Crippen LogP contribution in [0.5, 0.6) is 11.5 Å². The Hall–Kier alpha value is -2.99. The van der Waals surface area contributed by atoms with Crippen molar-refractivity contribution in [1.82, 2.24) is 0 Å². The number of hydrogen-bond acceptors (Lipinski definition) is 4. The van der Waals surface area contributed by atoms with Crippen LogP contribution in [0.2, 0.25) is 0 Å². The van der Waals surface area contributed by atoms with Crippen molar-refractivity contribution in [2.75, 3.05) is 18.9 Å². The van der Waals surface area contributed by atoms with E-state index in [0.717, 1.165) is 11.1 Å². The topological polar surface area (TPSA) is 64.6 Å². The molecule has 26 heavy (non-hydrogen) atoms. The quantitative estimate of drug-likeness (QED) is 0.708. The Labute approximate surface area is 153 Å². The molecule has 5 nitrogen and oxygen atoms in total. The number of anilines is 1. The summed E-state index contributed by atoms with van der Waals surface area (Å²) in [5, 5.41) is 0. The average molecular weight is 369 g/mol. The minimum absolute atomic E-state index is 0.169. The Morgan fingerprint density at radius 3 is 2.00 bits per heavy atom. The van der Waals surface area contributed by atoms with Crippen LogP contribution in [0.15, 0.2) is 77.7 Å². The van der Waals surface area contributed by atoms with Gasteiger partial charge in [-0.2, -0.15) is 0 Å². The zero-order chi connectivity index (χ0) is 18.6. The third kappa shape index (κ3) is 3.65. The molecule has 0 saturated carbocycles. The minimum Gasteiger partial charge on any atom is -0.493 e. The maximum absolute atomic E-state index is 12.7. The number of rotatable bonds is 6. The van der Waals surface area contributed by atoms with Crippen molar-refractivity contribution in [1.29, 1.82) is 0 Å². The van der Waals surface area contributed by atoms with Crippen molar-refractivity contribution in [2.24, 2.45) is 0 Å². The molecule has 0 spiro atoms. The number of sulfonamides is 1.